The molecule has 0 fully saturated rings. The maximum atomic E-state index is 13.7. The number of hydrogen-bond acceptors (Lipinski definition) is 8. The van der Waals surface area contributed by atoms with Crippen LogP contribution >= 0.6 is 0 Å². The predicted molar refractivity (Wildman–Crippen MR) is 164 cm³/mol. The van der Waals surface area contributed by atoms with Gasteiger partial charge in [0.25, 0.3) is 5.91 Å². The third-order valence-electron chi connectivity index (χ3n) is 7.29. The van der Waals surface area contributed by atoms with Crippen LogP contribution in [0.2, 0.25) is 0 Å². The molecule has 4 aromatic heterocycles. The molecule has 2 N–H and O–H groups in total. The minimum absolute atomic E-state index is 0.172. The zero-order chi connectivity index (χ0) is 30.6. The van der Waals surface area contributed by atoms with Gasteiger partial charge < -0.3 is 18.6 Å². The van der Waals surface area contributed by atoms with Crippen LogP contribution in [0, 0.1) is 5.82 Å². The fourth-order valence-corrected chi connectivity index (χ4v) is 5.79. The standard InChI is InChI=1S/C32H23FN4O6S/c1-3-44(39,40)37-24-16-26-22(27(31(38)34-2)29(42-26)17-6-8-20(33)9-7-17)15-21(24)19-13-18-10-12-41-28(18)23(14-19)32-36-30-25(43-32)5-4-11-35-30/h4-16,37H,3H2,1-2H3,(H,34,38). The number of halogens is 1. The molecule has 0 aliphatic carbocycles. The average molecular weight is 611 g/mol. The molecule has 0 bridgehead atoms. The first kappa shape index (κ1) is 27.3. The van der Waals surface area contributed by atoms with Crippen molar-refractivity contribution in [2.24, 2.45) is 0 Å². The summed E-state index contributed by atoms with van der Waals surface area (Å²) in [4.78, 5) is 22.0. The Morgan fingerprint density at radius 1 is 0.955 bits per heavy atom. The van der Waals surface area contributed by atoms with Gasteiger partial charge >= 0.3 is 0 Å². The molecule has 0 aliphatic heterocycles. The first-order valence-corrected chi connectivity index (χ1v) is 15.2. The van der Waals surface area contributed by atoms with Gasteiger partial charge in [0.2, 0.25) is 15.9 Å². The average Bonchev–Trinajstić information content (AvgIpc) is 3.76. The van der Waals surface area contributed by atoms with Gasteiger partial charge in [0.05, 0.1) is 28.8 Å². The molecule has 10 nitrogen and oxygen atoms in total. The maximum Gasteiger partial charge on any atom is 0.255 e. The lowest BCUT2D eigenvalue weighted by atomic mass is 9.96. The summed E-state index contributed by atoms with van der Waals surface area (Å²) in [6, 6.07) is 17.7. The van der Waals surface area contributed by atoms with Gasteiger partial charge in [-0.25, -0.2) is 17.8 Å². The molecule has 0 radical (unpaired) electrons. The van der Waals surface area contributed by atoms with Crippen molar-refractivity contribution >= 4 is 54.8 Å². The fraction of sp³-hybridized carbons (Fsp3) is 0.0938. The van der Waals surface area contributed by atoms with Crippen molar-refractivity contribution in [3.63, 3.8) is 0 Å². The number of nitrogens with zero attached hydrogens (tertiary/aromatic N) is 2. The van der Waals surface area contributed by atoms with Gasteiger partial charge in [0.1, 0.15) is 22.7 Å². The molecule has 3 aromatic carbocycles. The van der Waals surface area contributed by atoms with Gasteiger partial charge in [-0.05, 0) is 73.2 Å². The molecule has 7 rings (SSSR count). The largest absolute Gasteiger partial charge is 0.464 e. The number of sulfonamides is 1. The number of rotatable bonds is 7. The summed E-state index contributed by atoms with van der Waals surface area (Å²) in [6.07, 6.45) is 3.15. The Kier molecular flexibility index (Phi) is 6.43. The summed E-state index contributed by atoms with van der Waals surface area (Å²) in [6.45, 7) is 1.53. The van der Waals surface area contributed by atoms with E-state index in [2.05, 4.69) is 20.0 Å². The van der Waals surface area contributed by atoms with Crippen molar-refractivity contribution in [2.45, 2.75) is 6.92 Å². The highest BCUT2D eigenvalue weighted by atomic mass is 32.2. The minimum Gasteiger partial charge on any atom is -0.464 e. The van der Waals surface area contributed by atoms with Crippen LogP contribution in [-0.2, 0) is 10.0 Å². The highest BCUT2D eigenvalue weighted by molar-refractivity contribution is 7.92. The van der Waals surface area contributed by atoms with E-state index in [-0.39, 0.29) is 34.2 Å². The van der Waals surface area contributed by atoms with Gasteiger partial charge in [-0.1, -0.05) is 0 Å². The number of aromatic nitrogens is 2. The number of nitrogens with one attached hydrogen (secondary N) is 2. The third kappa shape index (κ3) is 4.65. The second-order valence-corrected chi connectivity index (χ2v) is 12.0. The van der Waals surface area contributed by atoms with E-state index in [1.54, 1.807) is 42.6 Å². The zero-order valence-electron chi connectivity index (χ0n) is 23.3. The van der Waals surface area contributed by atoms with Gasteiger partial charge in [-0.3, -0.25) is 9.52 Å². The molecule has 1 amide bonds. The van der Waals surface area contributed by atoms with E-state index >= 15 is 0 Å². The fourth-order valence-electron chi connectivity index (χ4n) is 5.14. The predicted octanol–water partition coefficient (Wildman–Crippen LogP) is 6.98. The molecule has 0 unspecified atom stereocenters. The number of carbonyl (C=O) groups excluding carboxylic acids is 1. The molecule has 7 aromatic rings. The molecule has 0 atom stereocenters. The second-order valence-electron chi connectivity index (χ2n) is 10.00. The lowest BCUT2D eigenvalue weighted by molar-refractivity contribution is 0.0964. The van der Waals surface area contributed by atoms with Gasteiger partial charge in [0, 0.05) is 41.2 Å². The van der Waals surface area contributed by atoms with E-state index in [9.17, 15) is 17.6 Å². The lowest BCUT2D eigenvalue weighted by Crippen LogP contribution is -2.18. The molecule has 4 heterocycles. The first-order chi connectivity index (χ1) is 21.2. The normalized spacial score (nSPS) is 11.9. The van der Waals surface area contributed by atoms with Crippen LogP contribution in [-0.4, -0.2) is 37.1 Å². The third-order valence-corrected chi connectivity index (χ3v) is 8.58. The monoisotopic (exact) mass is 610 g/mol. The lowest BCUT2D eigenvalue weighted by Gasteiger charge is -2.14. The molecule has 44 heavy (non-hydrogen) atoms. The Labute approximate surface area is 249 Å². The number of fused-ring (bicyclic) bond motifs is 3. The van der Waals surface area contributed by atoms with Crippen LogP contribution in [0.15, 0.2) is 92.4 Å². The van der Waals surface area contributed by atoms with Crippen LogP contribution in [0.25, 0.3) is 67.1 Å². The summed E-state index contributed by atoms with van der Waals surface area (Å²) in [7, 11) is -2.24. The Balaban J connectivity index is 1.51. The van der Waals surface area contributed by atoms with Crippen LogP contribution in [0.5, 0.6) is 0 Å². The van der Waals surface area contributed by atoms with E-state index < -0.39 is 21.7 Å². The molecule has 12 heteroatoms. The van der Waals surface area contributed by atoms with Crippen LogP contribution in [0.3, 0.4) is 0 Å². The van der Waals surface area contributed by atoms with Crippen molar-refractivity contribution in [1.29, 1.82) is 0 Å². The molecule has 0 saturated heterocycles. The van der Waals surface area contributed by atoms with Crippen molar-refractivity contribution in [2.75, 3.05) is 17.5 Å². The number of benzene rings is 3. The van der Waals surface area contributed by atoms with Crippen molar-refractivity contribution in [3.8, 4) is 33.9 Å². The second kappa shape index (κ2) is 10.3. The van der Waals surface area contributed by atoms with Crippen molar-refractivity contribution in [1.82, 2.24) is 15.3 Å². The maximum absolute atomic E-state index is 13.7. The molecular weight excluding hydrogens is 587 g/mol. The van der Waals surface area contributed by atoms with E-state index in [0.29, 0.717) is 49.8 Å². The summed E-state index contributed by atoms with van der Waals surface area (Å²) in [5.41, 5.74) is 4.20. The highest BCUT2D eigenvalue weighted by Crippen LogP contribution is 2.42. The molecule has 0 saturated carbocycles. The van der Waals surface area contributed by atoms with E-state index in [0.717, 1.165) is 0 Å². The highest BCUT2D eigenvalue weighted by Gasteiger charge is 2.25. The molecule has 0 spiro atoms. The number of pyridine rings is 1. The zero-order valence-corrected chi connectivity index (χ0v) is 24.2. The van der Waals surface area contributed by atoms with Gasteiger partial charge in [0.15, 0.2) is 11.2 Å². The van der Waals surface area contributed by atoms with Crippen LogP contribution in [0.1, 0.15) is 17.3 Å². The SMILES string of the molecule is CCS(=O)(=O)Nc1cc2oc(-c3ccc(F)cc3)c(C(=O)NC)c2cc1-c1cc(-c2nc3ncccc3o2)c2occc2c1. The molecule has 220 valence electrons. The van der Waals surface area contributed by atoms with Gasteiger partial charge in [-0.2, -0.15) is 4.98 Å². The topological polar surface area (TPSA) is 140 Å². The van der Waals surface area contributed by atoms with Crippen molar-refractivity contribution in [3.05, 3.63) is 90.6 Å². The summed E-state index contributed by atoms with van der Waals surface area (Å²) in [5.74, 6) is -0.559. The quantitative estimate of drug-likeness (QED) is 0.197. The Hall–Kier alpha value is -5.49. The summed E-state index contributed by atoms with van der Waals surface area (Å²) >= 11 is 0. The molecular formula is C32H23FN4O6S. The summed E-state index contributed by atoms with van der Waals surface area (Å²) < 4.78 is 60.0. The van der Waals surface area contributed by atoms with Crippen LogP contribution < -0.4 is 10.0 Å². The summed E-state index contributed by atoms with van der Waals surface area (Å²) in [5, 5.41) is 3.78. The van der Waals surface area contributed by atoms with E-state index in [4.69, 9.17) is 13.3 Å². The van der Waals surface area contributed by atoms with E-state index in [1.165, 1.54) is 44.5 Å². The van der Waals surface area contributed by atoms with Crippen LogP contribution in [0.4, 0.5) is 10.1 Å². The Morgan fingerprint density at radius 3 is 2.52 bits per heavy atom. The van der Waals surface area contributed by atoms with Gasteiger partial charge in [-0.15, -0.1) is 0 Å². The number of carbonyl (C=O) groups is 1. The Morgan fingerprint density at radius 2 is 1.77 bits per heavy atom. The molecule has 0 aliphatic rings. The first-order valence-electron chi connectivity index (χ1n) is 13.6. The van der Waals surface area contributed by atoms with E-state index in [1.807, 2.05) is 6.07 Å². The Bertz CT molecular complexity index is 2310. The minimum atomic E-state index is -3.73. The number of amides is 1. The number of hydrogen-bond donors (Lipinski definition) is 2. The smallest absolute Gasteiger partial charge is 0.255 e. The number of furan rings is 2. The number of anilines is 1. The number of oxazole rings is 1. The van der Waals surface area contributed by atoms with Crippen molar-refractivity contribution < 1.29 is 30.9 Å².